The molecule has 8 heteroatoms. The molecule has 1 amide bonds. The first-order valence-electron chi connectivity index (χ1n) is 13.3. The summed E-state index contributed by atoms with van der Waals surface area (Å²) in [6.45, 7) is 4.74. The molecule has 0 aromatic heterocycles. The summed E-state index contributed by atoms with van der Waals surface area (Å²) < 4.78 is 16.3. The van der Waals surface area contributed by atoms with Crippen molar-refractivity contribution in [1.82, 2.24) is 4.90 Å². The van der Waals surface area contributed by atoms with Crippen molar-refractivity contribution in [3.63, 3.8) is 0 Å². The largest absolute Gasteiger partial charge is 0.497 e. The van der Waals surface area contributed by atoms with Gasteiger partial charge in [0, 0.05) is 24.2 Å². The van der Waals surface area contributed by atoms with Gasteiger partial charge in [0.1, 0.15) is 5.75 Å². The van der Waals surface area contributed by atoms with Crippen LogP contribution in [0.4, 0.5) is 5.69 Å². The molecule has 8 nitrogen and oxygen atoms in total. The predicted octanol–water partition coefficient (Wildman–Crippen LogP) is 5.03. The van der Waals surface area contributed by atoms with Crippen LogP contribution in [0, 0.1) is 5.92 Å². The number of ether oxygens (including phenoxy) is 3. The zero-order chi connectivity index (χ0) is 27.5. The van der Waals surface area contributed by atoms with E-state index in [1.807, 2.05) is 65.6 Å². The van der Waals surface area contributed by atoms with Crippen molar-refractivity contribution in [1.29, 1.82) is 0 Å². The van der Waals surface area contributed by atoms with Crippen LogP contribution in [0.15, 0.2) is 60.7 Å². The zero-order valence-corrected chi connectivity index (χ0v) is 22.5. The van der Waals surface area contributed by atoms with Gasteiger partial charge in [-0.2, -0.15) is 0 Å². The van der Waals surface area contributed by atoms with Gasteiger partial charge in [-0.3, -0.25) is 14.5 Å². The number of anilines is 1. The van der Waals surface area contributed by atoms with E-state index in [0.717, 1.165) is 40.8 Å². The molecule has 2 aliphatic rings. The van der Waals surface area contributed by atoms with Crippen LogP contribution in [0.2, 0.25) is 0 Å². The van der Waals surface area contributed by atoms with E-state index in [-0.39, 0.29) is 25.2 Å². The molecule has 0 unspecified atom stereocenters. The molecule has 0 spiro atoms. The number of fused-ring (bicyclic) bond motifs is 1. The summed E-state index contributed by atoms with van der Waals surface area (Å²) >= 11 is 0. The average Bonchev–Trinajstić information content (AvgIpc) is 3.57. The fraction of sp³-hybridized carbons (Fsp3) is 0.355. The number of methoxy groups -OCH3 is 1. The molecule has 3 atom stereocenters. The van der Waals surface area contributed by atoms with Crippen molar-refractivity contribution in [2.45, 2.75) is 38.6 Å². The zero-order valence-electron chi connectivity index (χ0n) is 22.5. The molecule has 3 aromatic rings. The fourth-order valence-corrected chi connectivity index (χ4v) is 5.84. The van der Waals surface area contributed by atoms with Crippen LogP contribution < -0.4 is 19.5 Å². The van der Waals surface area contributed by atoms with Gasteiger partial charge in [-0.15, -0.1) is 0 Å². The molecule has 1 saturated heterocycles. The lowest BCUT2D eigenvalue weighted by molar-refractivity contribution is -0.143. The summed E-state index contributed by atoms with van der Waals surface area (Å²) in [6.07, 6.45) is 1.60. The first-order valence-corrected chi connectivity index (χ1v) is 13.3. The van der Waals surface area contributed by atoms with Crippen molar-refractivity contribution >= 4 is 17.6 Å². The number of carboxylic acid groups (broad SMARTS) is 1. The second-order valence-corrected chi connectivity index (χ2v) is 9.94. The number of carbonyl (C=O) groups excluding carboxylic acids is 1. The lowest BCUT2D eigenvalue weighted by atomic mass is 9.82. The number of likely N-dealkylation sites (tertiary alicyclic amines) is 1. The molecule has 2 aliphatic heterocycles. The second kappa shape index (κ2) is 11.4. The third kappa shape index (κ3) is 5.29. The van der Waals surface area contributed by atoms with Crippen molar-refractivity contribution < 1.29 is 28.9 Å². The Bertz CT molecular complexity index is 1330. The lowest BCUT2D eigenvalue weighted by Crippen LogP contribution is -2.35. The number of hydrogen-bond acceptors (Lipinski definition) is 6. The molecule has 0 radical (unpaired) electrons. The van der Waals surface area contributed by atoms with Crippen LogP contribution in [0.25, 0.3) is 0 Å². The predicted molar refractivity (Wildman–Crippen MR) is 148 cm³/mol. The smallest absolute Gasteiger partial charge is 0.309 e. The molecule has 39 heavy (non-hydrogen) atoms. The minimum atomic E-state index is -0.911. The lowest BCUT2D eigenvalue weighted by Gasteiger charge is -2.27. The maximum absolute atomic E-state index is 13.5. The highest BCUT2D eigenvalue weighted by Crippen LogP contribution is 2.47. The molecule has 0 bridgehead atoms. The Morgan fingerprint density at radius 3 is 2.28 bits per heavy atom. The van der Waals surface area contributed by atoms with Gasteiger partial charge < -0.3 is 24.6 Å². The van der Waals surface area contributed by atoms with Gasteiger partial charge in [-0.05, 0) is 59.4 Å². The topological polar surface area (TPSA) is 97.3 Å². The van der Waals surface area contributed by atoms with Gasteiger partial charge >= 0.3 is 5.97 Å². The molecule has 2 N–H and O–H groups in total. The quantitative estimate of drug-likeness (QED) is 0.401. The molecular weight excluding hydrogens is 496 g/mol. The van der Waals surface area contributed by atoms with E-state index in [1.54, 1.807) is 7.11 Å². The summed E-state index contributed by atoms with van der Waals surface area (Å²) in [6, 6.07) is 18.6. The average molecular weight is 531 g/mol. The van der Waals surface area contributed by atoms with Crippen LogP contribution in [0.5, 0.6) is 17.2 Å². The molecule has 3 aromatic carbocycles. The highest BCUT2D eigenvalue weighted by atomic mass is 16.7. The van der Waals surface area contributed by atoms with Gasteiger partial charge in [0.05, 0.1) is 19.6 Å². The van der Waals surface area contributed by atoms with Gasteiger partial charge in [0.15, 0.2) is 11.5 Å². The maximum Gasteiger partial charge on any atom is 0.309 e. The van der Waals surface area contributed by atoms with Gasteiger partial charge in [-0.25, -0.2) is 0 Å². The summed E-state index contributed by atoms with van der Waals surface area (Å²) in [7, 11) is 1.59. The van der Waals surface area contributed by atoms with Crippen LogP contribution >= 0.6 is 0 Å². The minimum Gasteiger partial charge on any atom is -0.497 e. The van der Waals surface area contributed by atoms with Crippen LogP contribution in [-0.2, 0) is 22.4 Å². The number of aryl methyl sites for hydroxylation is 2. The van der Waals surface area contributed by atoms with E-state index in [9.17, 15) is 14.7 Å². The highest BCUT2D eigenvalue weighted by Gasteiger charge is 2.48. The molecule has 5 rings (SSSR count). The number of rotatable bonds is 9. The Balaban J connectivity index is 1.49. The third-order valence-electron chi connectivity index (χ3n) is 7.78. The molecule has 204 valence electrons. The monoisotopic (exact) mass is 530 g/mol. The minimum absolute atomic E-state index is 0.0583. The molecule has 2 heterocycles. The van der Waals surface area contributed by atoms with E-state index in [0.29, 0.717) is 23.8 Å². The van der Waals surface area contributed by atoms with E-state index >= 15 is 0 Å². The molecule has 0 saturated carbocycles. The highest BCUT2D eigenvalue weighted by molar-refractivity contribution is 5.94. The number of carbonyl (C=O) groups is 2. The van der Waals surface area contributed by atoms with E-state index in [1.165, 1.54) is 0 Å². The Hall–Kier alpha value is -4.04. The number of amides is 1. The summed E-state index contributed by atoms with van der Waals surface area (Å²) in [5, 5.41) is 13.6. The Morgan fingerprint density at radius 2 is 1.64 bits per heavy atom. The van der Waals surface area contributed by atoms with Crippen molar-refractivity contribution in [2.24, 2.45) is 5.92 Å². The third-order valence-corrected chi connectivity index (χ3v) is 7.78. The standard InChI is InChI=1S/C31H34N2O6/c1-4-19-7-6-8-20(5-2)29(19)32-27(34)17-33-16-24(22-11-14-25-26(15-22)39-18-38-25)28(31(35)36)30(33)21-9-12-23(37-3)13-10-21/h6-15,24,28,30H,4-5,16-18H2,1-3H3,(H,32,34)(H,35,36)/t24-,28-,30+/m0/s1. The van der Waals surface area contributed by atoms with Gasteiger partial charge in [0.25, 0.3) is 0 Å². The first-order chi connectivity index (χ1) is 18.9. The number of nitrogens with one attached hydrogen (secondary N) is 1. The van der Waals surface area contributed by atoms with Gasteiger partial charge in [-0.1, -0.05) is 50.2 Å². The van der Waals surface area contributed by atoms with Crippen LogP contribution in [0.3, 0.4) is 0 Å². The summed E-state index contributed by atoms with van der Waals surface area (Å²) in [5.74, 6) is -0.272. The van der Waals surface area contributed by atoms with Crippen LogP contribution in [0.1, 0.15) is 48.1 Å². The number of benzene rings is 3. The van der Waals surface area contributed by atoms with Gasteiger partial charge in [0.2, 0.25) is 12.7 Å². The first kappa shape index (κ1) is 26.6. The normalized spacial score (nSPS) is 20.1. The summed E-state index contributed by atoms with van der Waals surface area (Å²) in [5.41, 5.74) is 4.69. The van der Waals surface area contributed by atoms with Crippen molar-refractivity contribution in [3.8, 4) is 17.2 Å². The second-order valence-electron chi connectivity index (χ2n) is 9.94. The number of para-hydroxylation sites is 1. The summed E-state index contributed by atoms with van der Waals surface area (Å²) in [4.78, 5) is 28.3. The fourth-order valence-electron chi connectivity index (χ4n) is 5.84. The SMILES string of the molecule is CCc1cccc(CC)c1NC(=O)CN1C[C@@H](c2ccc3c(c2)OCO3)[C@H](C(=O)O)[C@H]1c1ccc(OC)cc1. The number of carboxylic acids is 1. The molecular formula is C31H34N2O6. The van der Waals surface area contributed by atoms with Crippen molar-refractivity contribution in [2.75, 3.05) is 32.3 Å². The Morgan fingerprint density at radius 1 is 0.974 bits per heavy atom. The Labute approximate surface area is 228 Å². The Kier molecular flexibility index (Phi) is 7.74. The van der Waals surface area contributed by atoms with E-state index in [2.05, 4.69) is 19.2 Å². The molecule has 1 fully saturated rings. The van der Waals surface area contributed by atoms with Crippen molar-refractivity contribution in [3.05, 3.63) is 82.9 Å². The van der Waals surface area contributed by atoms with E-state index in [4.69, 9.17) is 14.2 Å². The van der Waals surface area contributed by atoms with E-state index < -0.39 is 17.9 Å². The maximum atomic E-state index is 13.5. The number of aliphatic carboxylic acids is 1. The number of hydrogen-bond donors (Lipinski definition) is 2. The number of nitrogens with zero attached hydrogens (tertiary/aromatic N) is 1. The van der Waals surface area contributed by atoms with Crippen LogP contribution in [-0.4, -0.2) is 48.9 Å². The molecule has 0 aliphatic carbocycles.